The minimum absolute atomic E-state index is 0.0395. The van der Waals surface area contributed by atoms with Crippen molar-refractivity contribution in [2.24, 2.45) is 0 Å². The quantitative estimate of drug-likeness (QED) is 0.898. The first kappa shape index (κ1) is 17.4. The van der Waals surface area contributed by atoms with Crippen molar-refractivity contribution >= 4 is 15.7 Å². The lowest BCUT2D eigenvalue weighted by atomic mass is 9.87. The van der Waals surface area contributed by atoms with Gasteiger partial charge in [-0.2, -0.15) is 0 Å². The van der Waals surface area contributed by atoms with Gasteiger partial charge in [0, 0.05) is 5.56 Å². The van der Waals surface area contributed by atoms with E-state index in [0.717, 1.165) is 11.6 Å². The second-order valence-corrected chi connectivity index (χ2v) is 7.99. The van der Waals surface area contributed by atoms with E-state index < -0.39 is 22.4 Å². The predicted molar refractivity (Wildman–Crippen MR) is 88.3 cm³/mol. The van der Waals surface area contributed by atoms with Gasteiger partial charge in [0.15, 0.2) is 0 Å². The lowest BCUT2D eigenvalue weighted by Gasteiger charge is -2.19. The smallest absolute Gasteiger partial charge is 0.261 e. The van der Waals surface area contributed by atoms with Crippen LogP contribution in [0, 0.1) is 5.82 Å². The molecule has 0 aliphatic carbocycles. The van der Waals surface area contributed by atoms with E-state index in [2.05, 4.69) is 4.72 Å². The summed E-state index contributed by atoms with van der Waals surface area (Å²) in [6, 6.07) is 10.5. The number of sulfonamides is 1. The van der Waals surface area contributed by atoms with E-state index in [-0.39, 0.29) is 21.6 Å². The average Bonchev–Trinajstić information content (AvgIpc) is 2.48. The lowest BCUT2D eigenvalue weighted by Crippen LogP contribution is -2.16. The van der Waals surface area contributed by atoms with Crippen molar-refractivity contribution in [3.05, 3.63) is 59.4 Å². The monoisotopic (exact) mass is 337 g/mol. The van der Waals surface area contributed by atoms with Crippen LogP contribution in [0.2, 0.25) is 0 Å². The molecule has 0 aliphatic rings. The van der Waals surface area contributed by atoms with Gasteiger partial charge in [-0.25, -0.2) is 12.8 Å². The molecule has 124 valence electrons. The van der Waals surface area contributed by atoms with E-state index in [1.807, 2.05) is 20.8 Å². The summed E-state index contributed by atoms with van der Waals surface area (Å²) in [5, 5.41) is 9.23. The van der Waals surface area contributed by atoms with E-state index in [1.165, 1.54) is 24.3 Å². The van der Waals surface area contributed by atoms with Crippen LogP contribution >= 0.6 is 0 Å². The summed E-state index contributed by atoms with van der Waals surface area (Å²) in [5.74, 6) is -0.730. The Hall–Kier alpha value is -1.92. The maximum Gasteiger partial charge on any atom is 0.261 e. The Morgan fingerprint density at radius 2 is 1.70 bits per heavy atom. The van der Waals surface area contributed by atoms with Crippen LogP contribution < -0.4 is 4.72 Å². The Balaban J connectivity index is 2.37. The van der Waals surface area contributed by atoms with Crippen molar-refractivity contribution in [3.8, 4) is 0 Å². The summed E-state index contributed by atoms with van der Waals surface area (Å²) >= 11 is 0. The van der Waals surface area contributed by atoms with Crippen molar-refractivity contribution < 1.29 is 17.9 Å². The second kappa shape index (κ2) is 6.29. The Morgan fingerprint density at radius 3 is 2.22 bits per heavy atom. The number of halogens is 1. The molecule has 2 rings (SSSR count). The maximum absolute atomic E-state index is 13.9. The van der Waals surface area contributed by atoms with E-state index in [0.29, 0.717) is 0 Å². The fourth-order valence-electron chi connectivity index (χ4n) is 2.14. The zero-order valence-corrected chi connectivity index (χ0v) is 14.1. The van der Waals surface area contributed by atoms with Gasteiger partial charge < -0.3 is 5.11 Å². The van der Waals surface area contributed by atoms with Gasteiger partial charge in [-0.1, -0.05) is 45.0 Å². The highest BCUT2D eigenvalue weighted by Gasteiger charge is 2.20. The van der Waals surface area contributed by atoms with E-state index in [9.17, 15) is 17.9 Å². The SMILES string of the molecule is CC(C)(C)c1ccc(S(=O)(=O)Nc2c(F)cccc2CO)cc1. The number of benzene rings is 2. The van der Waals surface area contributed by atoms with Crippen molar-refractivity contribution in [2.45, 2.75) is 37.7 Å². The number of para-hydroxylation sites is 1. The third-order valence-electron chi connectivity index (χ3n) is 3.54. The van der Waals surface area contributed by atoms with Crippen LogP contribution in [-0.4, -0.2) is 13.5 Å². The molecule has 0 fully saturated rings. The normalized spacial score (nSPS) is 12.2. The van der Waals surface area contributed by atoms with Gasteiger partial charge in [-0.3, -0.25) is 4.72 Å². The Morgan fingerprint density at radius 1 is 1.09 bits per heavy atom. The molecular weight excluding hydrogens is 317 g/mol. The first-order valence-corrected chi connectivity index (χ1v) is 8.65. The molecule has 2 N–H and O–H groups in total. The predicted octanol–water partition coefficient (Wildman–Crippen LogP) is 3.42. The highest BCUT2D eigenvalue weighted by Crippen LogP contribution is 2.26. The van der Waals surface area contributed by atoms with Crippen molar-refractivity contribution in [1.82, 2.24) is 0 Å². The number of aliphatic hydroxyl groups excluding tert-OH is 1. The van der Waals surface area contributed by atoms with Crippen molar-refractivity contribution in [1.29, 1.82) is 0 Å². The van der Waals surface area contributed by atoms with Crippen LogP contribution in [0.3, 0.4) is 0 Å². The van der Waals surface area contributed by atoms with Crippen LogP contribution in [0.5, 0.6) is 0 Å². The minimum atomic E-state index is -3.93. The number of hydrogen-bond donors (Lipinski definition) is 2. The molecule has 0 atom stereocenters. The fraction of sp³-hybridized carbons (Fsp3) is 0.294. The summed E-state index contributed by atoms with van der Waals surface area (Å²) in [6.07, 6.45) is 0. The van der Waals surface area contributed by atoms with Crippen LogP contribution in [0.15, 0.2) is 47.4 Å². The first-order valence-electron chi connectivity index (χ1n) is 7.17. The first-order chi connectivity index (χ1) is 10.6. The molecule has 2 aromatic carbocycles. The van der Waals surface area contributed by atoms with Crippen LogP contribution in [0.4, 0.5) is 10.1 Å². The highest BCUT2D eigenvalue weighted by atomic mass is 32.2. The average molecular weight is 337 g/mol. The Bertz CT molecular complexity index is 794. The maximum atomic E-state index is 13.9. The Labute approximate surface area is 136 Å². The molecular formula is C17H20FNO3S. The summed E-state index contributed by atoms with van der Waals surface area (Å²) in [6.45, 7) is 5.63. The van der Waals surface area contributed by atoms with Gasteiger partial charge in [0.2, 0.25) is 0 Å². The molecule has 0 aromatic heterocycles. The van der Waals surface area contributed by atoms with Crippen LogP contribution in [0.25, 0.3) is 0 Å². The lowest BCUT2D eigenvalue weighted by molar-refractivity contribution is 0.282. The number of hydrogen-bond acceptors (Lipinski definition) is 3. The van der Waals surface area contributed by atoms with E-state index >= 15 is 0 Å². The molecule has 0 spiro atoms. The third kappa shape index (κ3) is 3.89. The van der Waals surface area contributed by atoms with Crippen molar-refractivity contribution in [3.63, 3.8) is 0 Å². The topological polar surface area (TPSA) is 66.4 Å². The molecule has 0 unspecified atom stereocenters. The summed E-state index contributed by atoms with van der Waals surface area (Å²) in [7, 11) is -3.93. The van der Waals surface area contributed by atoms with Gasteiger partial charge in [0.1, 0.15) is 5.82 Å². The number of anilines is 1. The number of nitrogens with one attached hydrogen (secondary N) is 1. The van der Waals surface area contributed by atoms with Gasteiger partial charge in [-0.15, -0.1) is 0 Å². The minimum Gasteiger partial charge on any atom is -0.392 e. The highest BCUT2D eigenvalue weighted by molar-refractivity contribution is 7.92. The number of rotatable bonds is 4. The van der Waals surface area contributed by atoms with Gasteiger partial charge >= 0.3 is 0 Å². The van der Waals surface area contributed by atoms with Gasteiger partial charge in [0.25, 0.3) is 10.0 Å². The molecule has 0 amide bonds. The van der Waals surface area contributed by atoms with Crippen LogP contribution in [-0.2, 0) is 22.0 Å². The van der Waals surface area contributed by atoms with Crippen LogP contribution in [0.1, 0.15) is 31.9 Å². The van der Waals surface area contributed by atoms with E-state index in [1.54, 1.807) is 12.1 Å². The summed E-state index contributed by atoms with van der Waals surface area (Å²) < 4.78 is 40.9. The number of aliphatic hydroxyl groups is 1. The molecule has 0 bridgehead atoms. The van der Waals surface area contributed by atoms with Crippen molar-refractivity contribution in [2.75, 3.05) is 4.72 Å². The molecule has 23 heavy (non-hydrogen) atoms. The zero-order chi connectivity index (χ0) is 17.3. The third-order valence-corrected chi connectivity index (χ3v) is 4.90. The molecule has 2 aromatic rings. The molecule has 0 heterocycles. The fourth-order valence-corrected chi connectivity index (χ4v) is 3.25. The molecule has 6 heteroatoms. The standard InChI is InChI=1S/C17H20FNO3S/c1-17(2,3)13-7-9-14(10-8-13)23(21,22)19-16-12(11-20)5-4-6-15(16)18/h4-10,19-20H,11H2,1-3H3. The van der Waals surface area contributed by atoms with Gasteiger partial charge in [0.05, 0.1) is 17.2 Å². The molecule has 0 aliphatic heterocycles. The molecule has 0 saturated carbocycles. The van der Waals surface area contributed by atoms with E-state index in [4.69, 9.17) is 0 Å². The Kier molecular flexibility index (Phi) is 4.77. The summed E-state index contributed by atoms with van der Waals surface area (Å²) in [4.78, 5) is 0.0395. The summed E-state index contributed by atoms with van der Waals surface area (Å²) in [5.41, 5.74) is 0.860. The molecule has 0 radical (unpaired) electrons. The molecule has 0 saturated heterocycles. The van der Waals surface area contributed by atoms with Gasteiger partial charge in [-0.05, 0) is 29.2 Å². The largest absolute Gasteiger partial charge is 0.392 e. The zero-order valence-electron chi connectivity index (χ0n) is 13.3. The second-order valence-electron chi connectivity index (χ2n) is 6.31. The molecule has 4 nitrogen and oxygen atoms in total.